The Labute approximate surface area is 103 Å². The number of hydrogen-bond acceptors (Lipinski definition) is 2. The van der Waals surface area contributed by atoms with Gasteiger partial charge in [-0.05, 0) is 38.7 Å². The van der Waals surface area contributed by atoms with Crippen molar-refractivity contribution in [2.75, 3.05) is 6.61 Å². The van der Waals surface area contributed by atoms with E-state index in [2.05, 4.69) is 26.0 Å². The molecular formula is C15H22O2. The van der Waals surface area contributed by atoms with Crippen LogP contribution in [0.15, 0.2) is 23.3 Å². The smallest absolute Gasteiger partial charge is 0.0781 e. The molecule has 1 fully saturated rings. The molecular weight excluding hydrogens is 212 g/mol. The molecule has 0 radical (unpaired) electrons. The van der Waals surface area contributed by atoms with Gasteiger partial charge in [0.05, 0.1) is 12.2 Å². The zero-order chi connectivity index (χ0) is 12.5. The summed E-state index contributed by atoms with van der Waals surface area (Å²) >= 11 is 0. The van der Waals surface area contributed by atoms with E-state index < -0.39 is 5.60 Å². The summed E-state index contributed by atoms with van der Waals surface area (Å²) in [7, 11) is 0. The molecule has 2 N–H and O–H groups in total. The van der Waals surface area contributed by atoms with Gasteiger partial charge in [-0.3, -0.25) is 0 Å². The third-order valence-corrected chi connectivity index (χ3v) is 5.48. The molecule has 0 aromatic carbocycles. The van der Waals surface area contributed by atoms with Crippen LogP contribution in [0.25, 0.3) is 0 Å². The summed E-state index contributed by atoms with van der Waals surface area (Å²) in [6, 6.07) is 0. The zero-order valence-corrected chi connectivity index (χ0v) is 11.0. The Morgan fingerprint density at radius 2 is 2.00 bits per heavy atom. The number of allylic oxidation sites excluding steroid dienone is 1. The van der Waals surface area contributed by atoms with E-state index >= 15 is 0 Å². The van der Waals surface area contributed by atoms with Crippen molar-refractivity contribution in [1.82, 2.24) is 0 Å². The van der Waals surface area contributed by atoms with Gasteiger partial charge in [0.1, 0.15) is 0 Å². The fourth-order valence-electron chi connectivity index (χ4n) is 4.07. The highest BCUT2D eigenvalue weighted by Gasteiger charge is 2.64. The van der Waals surface area contributed by atoms with Crippen LogP contribution in [-0.4, -0.2) is 22.4 Å². The van der Waals surface area contributed by atoms with Crippen molar-refractivity contribution in [2.45, 2.75) is 45.6 Å². The van der Waals surface area contributed by atoms with Crippen molar-refractivity contribution in [1.29, 1.82) is 0 Å². The molecule has 1 unspecified atom stereocenters. The monoisotopic (exact) mass is 234 g/mol. The molecule has 17 heavy (non-hydrogen) atoms. The van der Waals surface area contributed by atoms with Gasteiger partial charge in [0.25, 0.3) is 0 Å². The van der Waals surface area contributed by atoms with Gasteiger partial charge in [-0.2, -0.15) is 0 Å². The van der Waals surface area contributed by atoms with E-state index in [9.17, 15) is 10.2 Å². The second kappa shape index (κ2) is 3.04. The highest BCUT2D eigenvalue weighted by atomic mass is 16.3. The van der Waals surface area contributed by atoms with Crippen LogP contribution >= 0.6 is 0 Å². The number of aliphatic hydroxyl groups is 2. The van der Waals surface area contributed by atoms with Crippen molar-refractivity contribution >= 4 is 0 Å². The van der Waals surface area contributed by atoms with Gasteiger partial charge in [-0.15, -0.1) is 0 Å². The summed E-state index contributed by atoms with van der Waals surface area (Å²) in [5.74, 6) is 0.200. The van der Waals surface area contributed by atoms with Crippen LogP contribution in [0.4, 0.5) is 0 Å². The third-order valence-electron chi connectivity index (χ3n) is 5.48. The minimum Gasteiger partial charge on any atom is -0.395 e. The third kappa shape index (κ3) is 1.28. The molecule has 0 heterocycles. The van der Waals surface area contributed by atoms with E-state index in [1.54, 1.807) is 0 Å². The van der Waals surface area contributed by atoms with Crippen molar-refractivity contribution in [3.63, 3.8) is 0 Å². The summed E-state index contributed by atoms with van der Waals surface area (Å²) in [5, 5.41) is 20.5. The van der Waals surface area contributed by atoms with Gasteiger partial charge in [0, 0.05) is 16.7 Å². The van der Waals surface area contributed by atoms with Crippen LogP contribution < -0.4 is 0 Å². The van der Waals surface area contributed by atoms with Crippen molar-refractivity contribution in [3.05, 3.63) is 23.3 Å². The Kier molecular flexibility index (Phi) is 2.06. The first kappa shape index (κ1) is 11.5. The topological polar surface area (TPSA) is 40.5 Å². The maximum Gasteiger partial charge on any atom is 0.0781 e. The molecule has 3 aliphatic rings. The van der Waals surface area contributed by atoms with Crippen LogP contribution in [0.3, 0.4) is 0 Å². The van der Waals surface area contributed by atoms with Crippen LogP contribution in [0.5, 0.6) is 0 Å². The number of aliphatic hydroxyl groups excluding tert-OH is 1. The van der Waals surface area contributed by atoms with Gasteiger partial charge in [0.2, 0.25) is 0 Å². The van der Waals surface area contributed by atoms with Crippen molar-refractivity contribution in [2.24, 2.45) is 16.7 Å². The second-order valence-electron chi connectivity index (χ2n) is 6.77. The lowest BCUT2D eigenvalue weighted by molar-refractivity contribution is -0.0515. The Balaban J connectivity index is 2.07. The summed E-state index contributed by atoms with van der Waals surface area (Å²) in [6.45, 7) is 6.39. The fraction of sp³-hybridized carbons (Fsp3) is 0.733. The second-order valence-corrected chi connectivity index (χ2v) is 6.77. The fourth-order valence-corrected chi connectivity index (χ4v) is 4.07. The van der Waals surface area contributed by atoms with Crippen molar-refractivity contribution < 1.29 is 10.2 Å². The van der Waals surface area contributed by atoms with E-state index in [0.717, 1.165) is 19.3 Å². The lowest BCUT2D eigenvalue weighted by Gasteiger charge is -2.44. The summed E-state index contributed by atoms with van der Waals surface area (Å²) in [6.07, 6.45) is 7.53. The number of fused-ring (bicyclic) bond motifs is 1. The molecule has 1 spiro atoms. The van der Waals surface area contributed by atoms with Crippen LogP contribution in [0.2, 0.25) is 0 Å². The van der Waals surface area contributed by atoms with Gasteiger partial charge in [-0.1, -0.05) is 24.6 Å². The van der Waals surface area contributed by atoms with Crippen LogP contribution in [0, 0.1) is 16.7 Å². The average Bonchev–Trinajstić information content (AvgIpc) is 2.99. The molecule has 0 bridgehead atoms. The molecule has 3 rings (SSSR count). The summed E-state index contributed by atoms with van der Waals surface area (Å²) < 4.78 is 0. The van der Waals surface area contributed by atoms with Gasteiger partial charge < -0.3 is 10.2 Å². The minimum absolute atomic E-state index is 0.0374. The minimum atomic E-state index is -0.634. The van der Waals surface area contributed by atoms with E-state index in [0.29, 0.717) is 0 Å². The summed E-state index contributed by atoms with van der Waals surface area (Å²) in [5.41, 5.74) is 1.82. The largest absolute Gasteiger partial charge is 0.395 e. The first-order valence-corrected chi connectivity index (χ1v) is 6.59. The zero-order valence-electron chi connectivity index (χ0n) is 11.0. The first-order valence-electron chi connectivity index (χ1n) is 6.59. The standard InChI is InChI=1S/C15H22O2/c1-10-6-11-7-13(2,9-16)8-12(11)14(3,17)15(10)4-5-15/h6-7,12,16-17H,4-5,8-9H2,1-3H3/t12?,13-,14-/m1/s1. The molecule has 0 saturated heterocycles. The van der Waals surface area contributed by atoms with Crippen molar-refractivity contribution in [3.8, 4) is 0 Å². The molecule has 1 saturated carbocycles. The predicted molar refractivity (Wildman–Crippen MR) is 67.4 cm³/mol. The predicted octanol–water partition coefficient (Wildman–Crippen LogP) is 2.42. The highest BCUT2D eigenvalue weighted by molar-refractivity contribution is 5.45. The molecule has 94 valence electrons. The molecule has 0 aromatic heterocycles. The molecule has 2 heteroatoms. The maximum absolute atomic E-state index is 11.0. The van der Waals surface area contributed by atoms with Crippen LogP contribution in [0.1, 0.15) is 40.0 Å². The van der Waals surface area contributed by atoms with E-state index in [1.807, 2.05) is 6.92 Å². The lowest BCUT2D eigenvalue weighted by atomic mass is 9.65. The average molecular weight is 234 g/mol. The Morgan fingerprint density at radius 1 is 1.35 bits per heavy atom. The molecule has 3 aliphatic carbocycles. The Hall–Kier alpha value is -0.600. The van der Waals surface area contributed by atoms with E-state index in [4.69, 9.17) is 0 Å². The van der Waals surface area contributed by atoms with Crippen LogP contribution in [-0.2, 0) is 0 Å². The summed E-state index contributed by atoms with van der Waals surface area (Å²) in [4.78, 5) is 0. The molecule has 0 amide bonds. The highest BCUT2D eigenvalue weighted by Crippen LogP contribution is 2.67. The Morgan fingerprint density at radius 3 is 2.53 bits per heavy atom. The molecule has 0 aromatic rings. The van der Waals surface area contributed by atoms with E-state index in [-0.39, 0.29) is 23.4 Å². The molecule has 3 atom stereocenters. The van der Waals surface area contributed by atoms with Gasteiger partial charge >= 0.3 is 0 Å². The number of rotatable bonds is 1. The van der Waals surface area contributed by atoms with E-state index in [1.165, 1.54) is 11.1 Å². The normalized spacial score (nSPS) is 46.5. The first-order chi connectivity index (χ1) is 7.85. The lowest BCUT2D eigenvalue weighted by Crippen LogP contribution is -2.47. The van der Waals surface area contributed by atoms with Gasteiger partial charge in [0.15, 0.2) is 0 Å². The number of hydrogen-bond donors (Lipinski definition) is 2. The molecule has 2 nitrogen and oxygen atoms in total. The Bertz CT molecular complexity index is 426. The van der Waals surface area contributed by atoms with Gasteiger partial charge in [-0.25, -0.2) is 0 Å². The SMILES string of the molecule is CC1=CC2=C[C@@](C)(CO)CC2[C@@](C)(O)C12CC2. The quantitative estimate of drug-likeness (QED) is 0.731. The molecule has 0 aliphatic heterocycles. The maximum atomic E-state index is 11.0.